The van der Waals surface area contributed by atoms with E-state index in [0.29, 0.717) is 35.7 Å². The third-order valence-electron chi connectivity index (χ3n) is 5.23. The molecule has 1 saturated heterocycles. The number of cyclic esters (lactones) is 1. The average molecular weight is 477 g/mol. The van der Waals surface area contributed by atoms with Crippen LogP contribution < -0.4 is 4.90 Å². The van der Waals surface area contributed by atoms with Crippen molar-refractivity contribution in [2.75, 3.05) is 18.0 Å². The fraction of sp³-hybridized carbons (Fsp3) is 0.316. The van der Waals surface area contributed by atoms with Gasteiger partial charge in [0.1, 0.15) is 23.1 Å². The van der Waals surface area contributed by atoms with E-state index < -0.39 is 37.7 Å². The first-order chi connectivity index (χ1) is 14.2. The van der Waals surface area contributed by atoms with Gasteiger partial charge in [-0.15, -0.1) is 0 Å². The molecule has 1 fully saturated rings. The molecule has 2 heterocycles. The highest BCUT2D eigenvalue weighted by molar-refractivity contribution is 7.89. The molecule has 1 amide bonds. The highest BCUT2D eigenvalue weighted by Gasteiger charge is 2.38. The summed E-state index contributed by atoms with van der Waals surface area (Å²) in [6, 6.07) is 6.03. The summed E-state index contributed by atoms with van der Waals surface area (Å²) in [4.78, 5) is 13.1. The van der Waals surface area contributed by atoms with Crippen LogP contribution in [0.5, 0.6) is 0 Å². The van der Waals surface area contributed by atoms with Crippen LogP contribution in [0.3, 0.4) is 0 Å². The summed E-state index contributed by atoms with van der Waals surface area (Å²) in [6.45, 7) is 0.173. The molecule has 30 heavy (non-hydrogen) atoms. The number of halogens is 4. The molecule has 6 nitrogen and oxygen atoms in total. The lowest BCUT2D eigenvalue weighted by Gasteiger charge is -2.39. The number of rotatable bonds is 3. The lowest BCUT2D eigenvalue weighted by atomic mass is 10.0. The SMILES string of the molecule is O=C1OCc2cc(Cl)ccc2N1C1CCN(S(=O)(=O)c2cc(F)c(Cl)cc2F)CC1. The molecule has 0 atom stereocenters. The Bertz CT molecular complexity index is 1120. The van der Waals surface area contributed by atoms with Gasteiger partial charge in [-0.1, -0.05) is 23.2 Å². The summed E-state index contributed by atoms with van der Waals surface area (Å²) in [5, 5.41) is 0.0253. The van der Waals surface area contributed by atoms with E-state index in [9.17, 15) is 22.0 Å². The van der Waals surface area contributed by atoms with Crippen molar-refractivity contribution in [2.24, 2.45) is 0 Å². The van der Waals surface area contributed by atoms with Gasteiger partial charge < -0.3 is 4.74 Å². The number of hydrogen-bond acceptors (Lipinski definition) is 4. The van der Waals surface area contributed by atoms with Crippen molar-refractivity contribution < 1.29 is 26.7 Å². The molecule has 0 N–H and O–H groups in total. The van der Waals surface area contributed by atoms with E-state index in [1.165, 1.54) is 4.90 Å². The maximum absolute atomic E-state index is 14.2. The summed E-state index contributed by atoms with van der Waals surface area (Å²) in [5.74, 6) is -2.13. The van der Waals surface area contributed by atoms with E-state index in [-0.39, 0.29) is 25.7 Å². The Kier molecular flexibility index (Phi) is 5.65. The number of fused-ring (bicyclic) bond motifs is 1. The topological polar surface area (TPSA) is 66.9 Å². The maximum atomic E-state index is 14.2. The second kappa shape index (κ2) is 7.96. The van der Waals surface area contributed by atoms with Gasteiger partial charge in [-0.3, -0.25) is 4.90 Å². The van der Waals surface area contributed by atoms with Gasteiger partial charge in [-0.2, -0.15) is 4.31 Å². The van der Waals surface area contributed by atoms with Gasteiger partial charge in [0, 0.05) is 29.7 Å². The van der Waals surface area contributed by atoms with Crippen molar-refractivity contribution in [3.63, 3.8) is 0 Å². The van der Waals surface area contributed by atoms with Crippen molar-refractivity contribution in [3.05, 3.63) is 57.6 Å². The van der Waals surface area contributed by atoms with E-state index in [0.717, 1.165) is 9.87 Å². The number of anilines is 1. The number of nitrogens with zero attached hydrogens (tertiary/aromatic N) is 2. The first-order valence-electron chi connectivity index (χ1n) is 9.07. The number of carbonyl (C=O) groups excluding carboxylic acids is 1. The van der Waals surface area contributed by atoms with E-state index in [1.54, 1.807) is 18.2 Å². The predicted molar refractivity (Wildman–Crippen MR) is 107 cm³/mol. The van der Waals surface area contributed by atoms with Crippen LogP contribution in [-0.4, -0.2) is 37.9 Å². The van der Waals surface area contributed by atoms with Crippen LogP contribution in [0.15, 0.2) is 35.2 Å². The van der Waals surface area contributed by atoms with Crippen LogP contribution in [0.2, 0.25) is 10.0 Å². The number of benzene rings is 2. The Balaban J connectivity index is 1.55. The maximum Gasteiger partial charge on any atom is 0.414 e. The van der Waals surface area contributed by atoms with Gasteiger partial charge in [0.05, 0.1) is 10.7 Å². The number of carbonyl (C=O) groups is 1. The second-order valence-corrected chi connectivity index (χ2v) is 9.78. The molecule has 0 aliphatic carbocycles. The molecule has 2 aromatic rings. The molecule has 0 spiro atoms. The monoisotopic (exact) mass is 476 g/mol. The Hall–Kier alpha value is -1.94. The van der Waals surface area contributed by atoms with Crippen LogP contribution in [0, 0.1) is 11.6 Å². The summed E-state index contributed by atoms with van der Waals surface area (Å²) >= 11 is 11.5. The number of hydrogen-bond donors (Lipinski definition) is 0. The molecule has 4 rings (SSSR count). The first kappa shape index (κ1) is 21.3. The first-order valence-corrected chi connectivity index (χ1v) is 11.3. The minimum Gasteiger partial charge on any atom is -0.444 e. The average Bonchev–Trinajstić information content (AvgIpc) is 2.71. The molecule has 0 saturated carbocycles. The summed E-state index contributed by atoms with van der Waals surface area (Å²) in [5.41, 5.74) is 1.43. The third-order valence-corrected chi connectivity index (χ3v) is 7.67. The lowest BCUT2D eigenvalue weighted by Crippen LogP contribution is -2.50. The highest BCUT2D eigenvalue weighted by Crippen LogP contribution is 2.35. The van der Waals surface area contributed by atoms with E-state index >= 15 is 0 Å². The zero-order valence-corrected chi connectivity index (χ0v) is 17.8. The standard InChI is InChI=1S/C19H16Cl2F2N2O4S/c20-12-1-2-17-11(7-12)10-29-19(26)25(17)13-3-5-24(6-4-13)30(27,28)18-9-15(22)14(21)8-16(18)23/h1-2,7-9,13H,3-6,10H2. The minimum atomic E-state index is -4.26. The number of amides is 1. The number of ether oxygens (including phenoxy) is 1. The molecule has 160 valence electrons. The summed E-state index contributed by atoms with van der Waals surface area (Å²) in [6.07, 6.45) is 0.0827. The fourth-order valence-electron chi connectivity index (χ4n) is 3.74. The van der Waals surface area contributed by atoms with Crippen LogP contribution in [0.1, 0.15) is 18.4 Å². The largest absolute Gasteiger partial charge is 0.444 e. The van der Waals surface area contributed by atoms with Crippen LogP contribution in [0.4, 0.5) is 19.3 Å². The zero-order chi connectivity index (χ0) is 21.6. The Morgan fingerprint density at radius 2 is 1.73 bits per heavy atom. The molecular weight excluding hydrogens is 461 g/mol. The normalized spacial score (nSPS) is 18.3. The van der Waals surface area contributed by atoms with Crippen molar-refractivity contribution >= 4 is 45.0 Å². The Labute approximate surface area is 182 Å². The molecule has 11 heteroatoms. The lowest BCUT2D eigenvalue weighted by molar-refractivity contribution is 0.136. The molecule has 0 aromatic heterocycles. The van der Waals surface area contributed by atoms with Gasteiger partial charge >= 0.3 is 6.09 Å². The summed E-state index contributed by atoms with van der Waals surface area (Å²) < 4.78 is 59.8. The van der Waals surface area contributed by atoms with Gasteiger partial charge in [-0.25, -0.2) is 22.0 Å². The predicted octanol–water partition coefficient (Wildman–Crippen LogP) is 4.58. The summed E-state index contributed by atoms with van der Waals surface area (Å²) in [7, 11) is -4.26. The Morgan fingerprint density at radius 1 is 1.03 bits per heavy atom. The van der Waals surface area contributed by atoms with Crippen molar-refractivity contribution in [2.45, 2.75) is 30.4 Å². The number of sulfonamides is 1. The number of piperidine rings is 1. The molecule has 0 bridgehead atoms. The molecular formula is C19H16Cl2F2N2O4S. The van der Waals surface area contributed by atoms with Crippen LogP contribution in [-0.2, 0) is 21.4 Å². The zero-order valence-electron chi connectivity index (χ0n) is 15.4. The van der Waals surface area contributed by atoms with Gasteiger partial charge in [0.15, 0.2) is 0 Å². The molecule has 2 aliphatic rings. The molecule has 0 radical (unpaired) electrons. The molecule has 0 unspecified atom stereocenters. The van der Waals surface area contributed by atoms with Gasteiger partial charge in [0.25, 0.3) is 0 Å². The van der Waals surface area contributed by atoms with Crippen molar-refractivity contribution in [1.29, 1.82) is 0 Å². The van der Waals surface area contributed by atoms with Crippen LogP contribution >= 0.6 is 23.2 Å². The molecule has 2 aromatic carbocycles. The quantitative estimate of drug-likeness (QED) is 0.608. The highest BCUT2D eigenvalue weighted by atomic mass is 35.5. The minimum absolute atomic E-state index is 0.0311. The van der Waals surface area contributed by atoms with Crippen molar-refractivity contribution in [1.82, 2.24) is 4.31 Å². The second-order valence-electron chi connectivity index (χ2n) is 7.03. The van der Waals surface area contributed by atoms with E-state index in [4.69, 9.17) is 27.9 Å². The smallest absolute Gasteiger partial charge is 0.414 e. The Morgan fingerprint density at radius 3 is 2.43 bits per heavy atom. The fourth-order valence-corrected chi connectivity index (χ4v) is 5.61. The van der Waals surface area contributed by atoms with Crippen molar-refractivity contribution in [3.8, 4) is 0 Å². The van der Waals surface area contributed by atoms with Gasteiger partial charge in [-0.05, 0) is 43.2 Å². The van der Waals surface area contributed by atoms with E-state index in [2.05, 4.69) is 0 Å². The molecule has 2 aliphatic heterocycles. The third kappa shape index (κ3) is 3.75. The van der Waals surface area contributed by atoms with E-state index in [1.807, 2.05) is 0 Å². The van der Waals surface area contributed by atoms with Gasteiger partial charge in [0.2, 0.25) is 10.0 Å². The van der Waals surface area contributed by atoms with Crippen LogP contribution in [0.25, 0.3) is 0 Å².